The number of nitrogens with zero attached hydrogens (tertiary/aromatic N) is 2. The van der Waals surface area contributed by atoms with E-state index < -0.39 is 14.9 Å². The van der Waals surface area contributed by atoms with Gasteiger partial charge in [-0.25, -0.2) is 13.1 Å². The van der Waals surface area contributed by atoms with Gasteiger partial charge in [0.25, 0.3) is 20.8 Å². The van der Waals surface area contributed by atoms with Crippen LogP contribution in [0.3, 0.4) is 0 Å². The number of non-ortho nitro benzene ring substituents is 1. The van der Waals surface area contributed by atoms with Crippen LogP contribution in [0.15, 0.2) is 52.6 Å². The zero-order valence-corrected chi connectivity index (χ0v) is 11.5. The van der Waals surface area contributed by atoms with E-state index in [-0.39, 0.29) is 23.0 Å². The van der Waals surface area contributed by atoms with E-state index in [9.17, 15) is 18.5 Å². The monoisotopic (exact) mass is 309 g/mol. The van der Waals surface area contributed by atoms with Crippen molar-refractivity contribution in [2.24, 2.45) is 0 Å². The molecule has 1 heterocycles. The van der Waals surface area contributed by atoms with Crippen molar-refractivity contribution in [2.75, 3.05) is 6.54 Å². The lowest BCUT2D eigenvalue weighted by Crippen LogP contribution is -2.23. The van der Waals surface area contributed by atoms with Crippen LogP contribution < -0.4 is 4.72 Å². The van der Waals surface area contributed by atoms with E-state index in [2.05, 4.69) is 16.5 Å². The second-order valence-electron chi connectivity index (χ2n) is 3.98. The summed E-state index contributed by atoms with van der Waals surface area (Å²) in [5, 5.41) is 13.9. The van der Waals surface area contributed by atoms with Crippen molar-refractivity contribution < 1.29 is 17.9 Å². The lowest BCUT2D eigenvalue weighted by atomic mass is 10.1. The maximum atomic E-state index is 11.8. The molecule has 2 rings (SSSR count). The number of nitro groups is 1. The fourth-order valence-corrected chi connectivity index (χ4v) is 2.40. The highest BCUT2D eigenvalue weighted by Crippen LogP contribution is 2.23. The third-order valence-corrected chi connectivity index (χ3v) is 3.81. The van der Waals surface area contributed by atoms with Crippen LogP contribution in [-0.4, -0.2) is 25.0 Å². The third kappa shape index (κ3) is 3.33. The van der Waals surface area contributed by atoms with E-state index in [1.54, 1.807) is 0 Å². The van der Waals surface area contributed by atoms with Gasteiger partial charge in [0.15, 0.2) is 0 Å². The van der Waals surface area contributed by atoms with Crippen LogP contribution in [0.2, 0.25) is 0 Å². The minimum absolute atomic E-state index is 0.0654. The second-order valence-corrected chi connectivity index (χ2v) is 5.67. The number of sulfonamides is 1. The Morgan fingerprint density at radius 3 is 2.62 bits per heavy atom. The first-order valence-electron chi connectivity index (χ1n) is 5.76. The summed E-state index contributed by atoms with van der Waals surface area (Å²) in [6, 6.07) is 6.77. The van der Waals surface area contributed by atoms with E-state index in [0.29, 0.717) is 5.56 Å². The van der Waals surface area contributed by atoms with Gasteiger partial charge >= 0.3 is 0 Å². The molecule has 1 aromatic carbocycles. The number of rotatable bonds is 6. The van der Waals surface area contributed by atoms with Crippen molar-refractivity contribution in [1.82, 2.24) is 9.88 Å². The first-order valence-corrected chi connectivity index (χ1v) is 7.24. The zero-order chi connectivity index (χ0) is 15.5. The molecule has 0 fully saturated rings. The maximum absolute atomic E-state index is 11.8. The van der Waals surface area contributed by atoms with Crippen LogP contribution in [0.5, 0.6) is 0 Å². The molecule has 0 radical (unpaired) electrons. The number of benzene rings is 1. The molecule has 0 spiro atoms. The fraction of sp³-hybridized carbons (Fsp3) is 0.0833. The summed E-state index contributed by atoms with van der Waals surface area (Å²) in [5.74, 6) is 0. The summed E-state index contributed by atoms with van der Waals surface area (Å²) < 4.78 is 30.6. The minimum Gasteiger partial charge on any atom is -0.343 e. The van der Waals surface area contributed by atoms with Crippen LogP contribution in [0.1, 0.15) is 0 Å². The van der Waals surface area contributed by atoms with Crippen molar-refractivity contribution in [3.8, 4) is 11.3 Å². The Hall–Kier alpha value is -2.52. The molecule has 0 amide bonds. The van der Waals surface area contributed by atoms with E-state index in [1.165, 1.54) is 36.4 Å². The molecule has 9 heteroatoms. The Bertz CT molecular complexity index is 764. The SMILES string of the molecule is C=CCNS(=O)(=O)c1cc(-c2ccc([N+](=O)[O-])cc2)no1. The van der Waals surface area contributed by atoms with Crippen molar-refractivity contribution in [2.45, 2.75) is 5.09 Å². The van der Waals surface area contributed by atoms with Crippen LogP contribution in [0, 0.1) is 10.1 Å². The predicted octanol–water partition coefficient (Wildman–Crippen LogP) is 1.71. The molecule has 0 saturated heterocycles. The molecule has 8 nitrogen and oxygen atoms in total. The lowest BCUT2D eigenvalue weighted by molar-refractivity contribution is -0.384. The molecule has 0 aliphatic rings. The molecule has 0 unspecified atom stereocenters. The summed E-state index contributed by atoms with van der Waals surface area (Å²) in [4.78, 5) is 10.0. The Balaban J connectivity index is 2.27. The third-order valence-electron chi connectivity index (χ3n) is 2.54. The van der Waals surface area contributed by atoms with Gasteiger partial charge in [0.2, 0.25) is 0 Å². The van der Waals surface area contributed by atoms with Crippen LogP contribution in [0.25, 0.3) is 11.3 Å². The largest absolute Gasteiger partial charge is 0.343 e. The highest BCUT2D eigenvalue weighted by Gasteiger charge is 2.20. The van der Waals surface area contributed by atoms with E-state index in [1.807, 2.05) is 0 Å². The molecule has 0 atom stereocenters. The molecule has 21 heavy (non-hydrogen) atoms. The van der Waals surface area contributed by atoms with E-state index in [4.69, 9.17) is 4.52 Å². The quantitative estimate of drug-likeness (QED) is 0.493. The Labute approximate surface area is 120 Å². The second kappa shape index (κ2) is 5.85. The molecule has 2 aromatic rings. The fourth-order valence-electron chi connectivity index (χ4n) is 1.51. The van der Waals surface area contributed by atoms with Gasteiger partial charge in [0.05, 0.1) is 4.92 Å². The van der Waals surface area contributed by atoms with Gasteiger partial charge < -0.3 is 4.52 Å². The van der Waals surface area contributed by atoms with Crippen molar-refractivity contribution >= 4 is 15.7 Å². The Kier molecular flexibility index (Phi) is 4.15. The Morgan fingerprint density at radius 1 is 1.38 bits per heavy atom. The van der Waals surface area contributed by atoms with Gasteiger partial charge in [-0.3, -0.25) is 10.1 Å². The highest BCUT2D eigenvalue weighted by molar-refractivity contribution is 7.89. The summed E-state index contributed by atoms with van der Waals surface area (Å²) >= 11 is 0. The van der Waals surface area contributed by atoms with E-state index in [0.717, 1.165) is 0 Å². The number of hydrogen-bond acceptors (Lipinski definition) is 6. The lowest BCUT2D eigenvalue weighted by Gasteiger charge is -1.98. The predicted molar refractivity (Wildman–Crippen MR) is 74.0 cm³/mol. The van der Waals surface area contributed by atoms with Crippen LogP contribution >= 0.6 is 0 Å². The summed E-state index contributed by atoms with van der Waals surface area (Å²) in [6.07, 6.45) is 1.39. The summed E-state index contributed by atoms with van der Waals surface area (Å²) in [6.45, 7) is 3.47. The van der Waals surface area contributed by atoms with Crippen molar-refractivity contribution in [1.29, 1.82) is 0 Å². The van der Waals surface area contributed by atoms with Crippen LogP contribution in [-0.2, 0) is 10.0 Å². The topological polar surface area (TPSA) is 115 Å². The molecule has 1 aromatic heterocycles. The van der Waals surface area contributed by atoms with Gasteiger partial charge in [0.1, 0.15) is 5.69 Å². The first kappa shape index (κ1) is 14.9. The van der Waals surface area contributed by atoms with Crippen molar-refractivity contribution in [3.63, 3.8) is 0 Å². The molecule has 110 valence electrons. The van der Waals surface area contributed by atoms with Gasteiger partial charge in [0, 0.05) is 30.3 Å². The van der Waals surface area contributed by atoms with Gasteiger partial charge in [-0.1, -0.05) is 11.2 Å². The van der Waals surface area contributed by atoms with Gasteiger partial charge in [-0.15, -0.1) is 6.58 Å². The van der Waals surface area contributed by atoms with Gasteiger partial charge in [-0.2, -0.15) is 0 Å². The average Bonchev–Trinajstić information content (AvgIpc) is 2.96. The zero-order valence-electron chi connectivity index (χ0n) is 10.7. The highest BCUT2D eigenvalue weighted by atomic mass is 32.2. The number of nitrogens with one attached hydrogen (secondary N) is 1. The van der Waals surface area contributed by atoms with Gasteiger partial charge in [-0.05, 0) is 12.1 Å². The molecular weight excluding hydrogens is 298 g/mol. The molecule has 0 saturated carbocycles. The molecule has 0 aliphatic carbocycles. The molecular formula is C12H11N3O5S. The number of aromatic nitrogens is 1. The van der Waals surface area contributed by atoms with Crippen molar-refractivity contribution in [3.05, 3.63) is 53.1 Å². The molecule has 0 bridgehead atoms. The average molecular weight is 309 g/mol. The Morgan fingerprint density at radius 2 is 2.05 bits per heavy atom. The first-order chi connectivity index (χ1) is 9.94. The van der Waals surface area contributed by atoms with Crippen LogP contribution in [0.4, 0.5) is 5.69 Å². The summed E-state index contributed by atoms with van der Waals surface area (Å²) in [5.41, 5.74) is 0.709. The minimum atomic E-state index is -3.79. The maximum Gasteiger partial charge on any atom is 0.277 e. The summed E-state index contributed by atoms with van der Waals surface area (Å²) in [7, 11) is -3.79. The van der Waals surface area contributed by atoms with E-state index >= 15 is 0 Å². The normalized spacial score (nSPS) is 11.2. The smallest absolute Gasteiger partial charge is 0.277 e. The number of hydrogen-bond donors (Lipinski definition) is 1. The number of nitro benzene ring substituents is 1. The molecule has 1 N–H and O–H groups in total. The standard InChI is InChI=1S/C12H11N3O5S/c1-2-7-13-21(18,19)12-8-11(14-20-12)9-3-5-10(6-4-9)15(16)17/h2-6,8,13H,1,7H2. The molecule has 0 aliphatic heterocycles.